The van der Waals surface area contributed by atoms with Gasteiger partial charge in [0, 0.05) is 25.5 Å². The van der Waals surface area contributed by atoms with Crippen molar-refractivity contribution in [1.29, 1.82) is 0 Å². The van der Waals surface area contributed by atoms with E-state index in [4.69, 9.17) is 16.4 Å². The molecule has 0 N–H and O–H groups in total. The third-order valence-corrected chi connectivity index (χ3v) is 9.10. The molecule has 0 nitrogen and oxygen atoms in total. The Kier molecular flexibility index (Phi) is 1.94. The summed E-state index contributed by atoms with van der Waals surface area (Å²) in [6, 6.07) is -21.7. The molecule has 2 unspecified atom stereocenters. The molecular weight excluding hydrogens is 565 g/mol. The number of fused-ring (bicyclic) bond motifs is 3. The average Bonchev–Trinajstić information content (AvgIpc) is 4.01. The Hall–Kier alpha value is -5.46. The summed E-state index contributed by atoms with van der Waals surface area (Å²) in [6.07, 6.45) is 0. The smallest absolute Gasteiger partial charge is 0.0633 e. The van der Waals surface area contributed by atoms with Crippen molar-refractivity contribution in [2.24, 2.45) is 5.92 Å². The number of allylic oxidation sites excluding steroid dienone is 6. The van der Waals surface area contributed by atoms with Gasteiger partial charge in [-0.25, -0.2) is 0 Å². The van der Waals surface area contributed by atoms with Gasteiger partial charge < -0.3 is 0 Å². The maximum absolute atomic E-state index is 9.99. The third-order valence-electron chi connectivity index (χ3n) is 9.10. The molecule has 11 rings (SSSR count). The molecule has 0 aromatic heterocycles. The van der Waals surface area contributed by atoms with E-state index >= 15 is 0 Å². The SMILES string of the molecule is [2H]C1=C([2H])c2c([2H])c([2H])c([2H])c3c2C2C1=C(c1c([2H])c([2H])c4c(c1[2H])C(C([2H])([2H])[2H])(C([2H])([2H])[2H])c1c([2H])c(-c5c([2H])c([2H])c6c([2H])c([2H])c7c([2H])c([2H])c([2H])c8c([2H])c([2H])c5c6c78)c([2H])c([2H])c1-4)C([2H])=C([2H])C2C([2H])=C3[2H]. The van der Waals surface area contributed by atoms with Crippen LogP contribution in [0.4, 0.5) is 0 Å². The molecule has 0 spiro atoms. The van der Waals surface area contributed by atoms with Gasteiger partial charge in [-0.3, -0.25) is 0 Å². The lowest BCUT2D eigenvalue weighted by molar-refractivity contribution is 0.659. The van der Waals surface area contributed by atoms with Crippen LogP contribution in [0.2, 0.25) is 0 Å². The summed E-state index contributed by atoms with van der Waals surface area (Å²) < 4.78 is 275. The first-order valence-electron chi connectivity index (χ1n) is 29.5. The van der Waals surface area contributed by atoms with Gasteiger partial charge in [0.2, 0.25) is 0 Å². The third kappa shape index (κ3) is 3.33. The quantitative estimate of drug-likeness (QED) is 0.168. The van der Waals surface area contributed by atoms with E-state index in [2.05, 4.69) is 0 Å². The number of rotatable bonds is 2. The second-order valence-electron chi connectivity index (χ2n) is 11.6. The lowest BCUT2D eigenvalue weighted by atomic mass is 9.67. The monoisotopic (exact) mass is 626 g/mol. The van der Waals surface area contributed by atoms with Crippen molar-refractivity contribution >= 4 is 50.0 Å². The minimum absolute atomic E-state index is 0.233. The first-order chi connectivity index (χ1) is 35.6. The van der Waals surface area contributed by atoms with Crippen molar-refractivity contribution in [3.05, 3.63) is 172 Å². The fourth-order valence-electron chi connectivity index (χ4n) is 6.97. The maximum atomic E-state index is 9.99. The zero-order valence-electron chi connectivity index (χ0n) is 53.7. The second kappa shape index (κ2) is 8.87. The van der Waals surface area contributed by atoms with Crippen LogP contribution in [0.25, 0.3) is 72.2 Å². The molecule has 0 aliphatic heterocycles. The maximum Gasteiger partial charge on any atom is 0.0633 e. The van der Waals surface area contributed by atoms with Gasteiger partial charge in [0.15, 0.2) is 0 Å². The van der Waals surface area contributed by atoms with Gasteiger partial charge in [0.05, 0.1) is 32.9 Å². The van der Waals surface area contributed by atoms with E-state index in [0.29, 0.717) is 0 Å². The summed E-state index contributed by atoms with van der Waals surface area (Å²) >= 11 is 0. The first kappa shape index (κ1) is 10.3. The molecule has 2 atom stereocenters. The topological polar surface area (TPSA) is 0 Å². The Morgan fingerprint density at radius 3 is 2.02 bits per heavy atom. The van der Waals surface area contributed by atoms with Gasteiger partial charge in [-0.2, -0.15) is 0 Å². The predicted octanol–water partition coefficient (Wildman–Crippen LogP) is 12.3. The summed E-state index contributed by atoms with van der Waals surface area (Å²) in [6.45, 7) is -8.05. The van der Waals surface area contributed by atoms with Crippen molar-refractivity contribution in [3.63, 3.8) is 0 Å². The Morgan fingerprint density at radius 1 is 0.574 bits per heavy atom. The predicted molar refractivity (Wildman–Crippen MR) is 200 cm³/mol. The zero-order valence-corrected chi connectivity index (χ0v) is 23.7. The molecule has 0 radical (unpaired) electrons. The lowest BCUT2D eigenvalue weighted by Crippen LogP contribution is -2.22. The number of benzene rings is 7. The van der Waals surface area contributed by atoms with Crippen molar-refractivity contribution in [1.82, 2.24) is 0 Å². The Labute approximate surface area is 317 Å². The highest BCUT2D eigenvalue weighted by atomic mass is 14.4. The van der Waals surface area contributed by atoms with Crippen LogP contribution >= 0.6 is 0 Å². The highest BCUT2D eigenvalue weighted by Gasteiger charge is 2.38. The highest BCUT2D eigenvalue weighted by Crippen LogP contribution is 2.53. The van der Waals surface area contributed by atoms with Gasteiger partial charge in [0.1, 0.15) is 0 Å². The molecule has 47 heavy (non-hydrogen) atoms. The molecule has 0 heteroatoms. The minimum atomic E-state index is -4.02. The lowest BCUT2D eigenvalue weighted by Gasteiger charge is -2.37. The fraction of sp³-hybridized carbons (Fsp3) is 0.106. The standard InChI is InChI=1S/C47H32/c1-47(2)41-25-33(35-19-13-31-11-9-27-5-3-7-29-15-23-39(35)45(31)43(27)29)17-21-37(41)38-22-18-34(26-42(38)47)36-20-14-32-12-10-28-6-4-8-30-16-24-40(36)46(32)44(28)30/h3-26,31,45H,1-2H3/i1D3,2D3,3D,4D,5D,6D,7D,8D,9D,10D,11D,12D,13D,14D,15D,16D,17D,18D,19D,20D,21D,22D,23D,24D,25D,26D. The molecule has 0 bridgehead atoms. The average molecular weight is 627 g/mol. The molecule has 0 amide bonds. The van der Waals surface area contributed by atoms with Crippen molar-refractivity contribution in [2.75, 3.05) is 0 Å². The molecule has 7 aromatic rings. The summed E-state index contributed by atoms with van der Waals surface area (Å²) in [7, 11) is 0. The van der Waals surface area contributed by atoms with Gasteiger partial charge in [0.25, 0.3) is 0 Å². The largest absolute Gasteiger partial charge is 0.0761 e. The van der Waals surface area contributed by atoms with Crippen molar-refractivity contribution in [2.45, 2.75) is 25.0 Å². The van der Waals surface area contributed by atoms with Crippen LogP contribution in [0.15, 0.2) is 139 Å². The molecule has 0 fully saturated rings. The van der Waals surface area contributed by atoms with Gasteiger partial charge in [-0.1, -0.05) is 147 Å². The van der Waals surface area contributed by atoms with Crippen LogP contribution in [0, 0.1) is 5.92 Å². The van der Waals surface area contributed by atoms with E-state index in [1.165, 1.54) is 0 Å². The molecule has 0 heterocycles. The van der Waals surface area contributed by atoms with Crippen molar-refractivity contribution in [3.8, 4) is 22.3 Å². The van der Waals surface area contributed by atoms with Crippen LogP contribution in [0.1, 0.15) is 94.1 Å². The summed E-state index contributed by atoms with van der Waals surface area (Å²) in [5, 5.41) is -2.86. The number of hydrogen-bond donors (Lipinski definition) is 0. The van der Waals surface area contributed by atoms with Crippen LogP contribution in [-0.4, -0.2) is 0 Å². The van der Waals surface area contributed by atoms with E-state index in [1.807, 2.05) is 0 Å². The highest BCUT2D eigenvalue weighted by molar-refractivity contribution is 6.25. The van der Waals surface area contributed by atoms with Gasteiger partial charge in [-0.15, -0.1) is 0 Å². The first-order valence-corrected chi connectivity index (χ1v) is 14.5. The molecule has 0 saturated carbocycles. The van der Waals surface area contributed by atoms with E-state index in [0.717, 1.165) is 0 Å². The van der Waals surface area contributed by atoms with Crippen molar-refractivity contribution < 1.29 is 41.1 Å². The summed E-state index contributed by atoms with van der Waals surface area (Å²) in [5.74, 6) is -3.25. The van der Waals surface area contributed by atoms with E-state index < -0.39 is 264 Å². The normalized spacial score (nSPS) is 30.4. The van der Waals surface area contributed by atoms with Crippen LogP contribution in [-0.2, 0) is 5.41 Å². The van der Waals surface area contributed by atoms with Crippen LogP contribution < -0.4 is 0 Å². The Bertz CT molecular complexity index is 4180. The summed E-state index contributed by atoms with van der Waals surface area (Å²) in [5.41, 5.74) is -13.1. The van der Waals surface area contributed by atoms with E-state index in [-0.39, 0.29) is 10.9 Å². The number of hydrogen-bond acceptors (Lipinski definition) is 0. The second-order valence-corrected chi connectivity index (χ2v) is 11.6. The summed E-state index contributed by atoms with van der Waals surface area (Å²) in [4.78, 5) is 0. The van der Waals surface area contributed by atoms with Gasteiger partial charge >= 0.3 is 0 Å². The molecule has 0 saturated heterocycles. The Morgan fingerprint density at radius 2 is 1.21 bits per heavy atom. The fourth-order valence-corrected chi connectivity index (χ4v) is 6.97. The molecule has 4 aliphatic carbocycles. The van der Waals surface area contributed by atoms with Crippen LogP contribution in [0.3, 0.4) is 0 Å². The Balaban J connectivity index is 1.31. The molecule has 4 aliphatic rings. The molecular formula is C47H32. The van der Waals surface area contributed by atoms with Crippen LogP contribution in [0.5, 0.6) is 0 Å². The molecule has 7 aromatic carbocycles. The van der Waals surface area contributed by atoms with E-state index in [9.17, 15) is 24.7 Å². The van der Waals surface area contributed by atoms with E-state index in [1.54, 1.807) is 0 Å². The van der Waals surface area contributed by atoms with Gasteiger partial charge in [-0.05, 0) is 111 Å². The molecule has 220 valence electrons. The minimum Gasteiger partial charge on any atom is -0.0761 e. The zero-order chi connectivity index (χ0) is 56.9.